The minimum atomic E-state index is -0.995. The maximum absolute atomic E-state index is 13.6. The summed E-state index contributed by atoms with van der Waals surface area (Å²) in [5.74, 6) is 0.682. The Hall–Kier alpha value is -1.52. The van der Waals surface area contributed by atoms with Crippen LogP contribution < -0.4 is 0 Å². The fourth-order valence-electron chi connectivity index (χ4n) is 13.2. The van der Waals surface area contributed by atoms with Crippen LogP contribution in [0.2, 0.25) is 0 Å². The zero-order valence-corrected chi connectivity index (χ0v) is 33.0. The average Bonchev–Trinajstić information content (AvgIpc) is 3.08. The van der Waals surface area contributed by atoms with Gasteiger partial charge in [0.15, 0.2) is 12.4 Å². The molecule has 0 bridgehead atoms. The summed E-state index contributed by atoms with van der Waals surface area (Å²) in [6.45, 7) is 17.2. The van der Waals surface area contributed by atoms with Crippen molar-refractivity contribution >= 4 is 11.9 Å². The Morgan fingerprint density at radius 2 is 1.40 bits per heavy atom. The largest absolute Gasteiger partial charge is 0.469 e. The third-order valence-electron chi connectivity index (χ3n) is 16.2. The molecule has 0 spiro atoms. The Labute approximate surface area is 301 Å². The molecule has 0 aromatic rings. The third-order valence-corrected chi connectivity index (χ3v) is 16.2. The van der Waals surface area contributed by atoms with Gasteiger partial charge in [0, 0.05) is 21.3 Å². The van der Waals surface area contributed by atoms with Crippen LogP contribution in [0.5, 0.6) is 0 Å². The lowest BCUT2D eigenvalue weighted by Gasteiger charge is -2.71. The molecule has 13 unspecified atom stereocenters. The van der Waals surface area contributed by atoms with Gasteiger partial charge in [0.25, 0.3) is 0 Å². The SMILES string of the molecule is COC(=O)C1OC(OC2CCC3(C)C(CCC4(C)C3CC=C3C5CC(C)(C)CCC5(C(=O)OC)CCC34C)C2(C)C)C(OC)C(OC)C1OC. The molecule has 9 nitrogen and oxygen atoms in total. The molecule has 0 aromatic carbocycles. The lowest BCUT2D eigenvalue weighted by Crippen LogP contribution is -2.66. The van der Waals surface area contributed by atoms with Gasteiger partial charge >= 0.3 is 11.9 Å². The van der Waals surface area contributed by atoms with Gasteiger partial charge in [0.05, 0.1) is 25.7 Å². The fourth-order valence-corrected chi connectivity index (χ4v) is 13.2. The Morgan fingerprint density at radius 1 is 0.740 bits per heavy atom. The molecule has 0 aromatic heterocycles. The molecule has 0 N–H and O–H groups in total. The van der Waals surface area contributed by atoms with Crippen LogP contribution in [0.4, 0.5) is 0 Å². The zero-order valence-electron chi connectivity index (χ0n) is 33.0. The summed E-state index contributed by atoms with van der Waals surface area (Å²) in [5, 5.41) is 0. The van der Waals surface area contributed by atoms with Crippen LogP contribution in [0, 0.1) is 50.2 Å². The van der Waals surface area contributed by atoms with Crippen LogP contribution in [-0.2, 0) is 42.7 Å². The molecule has 0 radical (unpaired) electrons. The number of methoxy groups -OCH3 is 5. The molecule has 9 heteroatoms. The number of carbonyl (C=O) groups is 2. The predicted octanol–water partition coefficient (Wildman–Crippen LogP) is 7.29. The van der Waals surface area contributed by atoms with Crippen molar-refractivity contribution in [3.05, 3.63) is 11.6 Å². The normalized spacial score (nSPS) is 47.8. The van der Waals surface area contributed by atoms with Gasteiger partial charge in [0.1, 0.15) is 18.3 Å². The second-order valence-corrected chi connectivity index (χ2v) is 18.9. The number of rotatable bonds is 7. The van der Waals surface area contributed by atoms with Gasteiger partial charge in [-0.05, 0) is 109 Å². The molecule has 284 valence electrons. The van der Waals surface area contributed by atoms with Crippen molar-refractivity contribution in [1.82, 2.24) is 0 Å². The first-order valence-corrected chi connectivity index (χ1v) is 19.2. The van der Waals surface area contributed by atoms with E-state index in [1.165, 1.54) is 14.2 Å². The lowest BCUT2D eigenvalue weighted by atomic mass is 9.33. The summed E-state index contributed by atoms with van der Waals surface area (Å²) in [5.41, 5.74) is 1.48. The van der Waals surface area contributed by atoms with Crippen molar-refractivity contribution in [1.29, 1.82) is 0 Å². The van der Waals surface area contributed by atoms with E-state index in [-0.39, 0.29) is 45.1 Å². The number of carbonyl (C=O) groups excluding carboxylic acids is 2. The highest BCUT2D eigenvalue weighted by molar-refractivity contribution is 5.78. The third kappa shape index (κ3) is 5.40. The molecule has 5 fully saturated rings. The summed E-state index contributed by atoms with van der Waals surface area (Å²) in [4.78, 5) is 26.5. The van der Waals surface area contributed by atoms with E-state index in [1.54, 1.807) is 26.9 Å². The van der Waals surface area contributed by atoms with Gasteiger partial charge in [-0.2, -0.15) is 0 Å². The number of ether oxygens (including phenoxy) is 7. The fraction of sp³-hybridized carbons (Fsp3) is 0.902. The van der Waals surface area contributed by atoms with Crippen molar-refractivity contribution in [3.63, 3.8) is 0 Å². The molecule has 1 saturated heterocycles. The maximum Gasteiger partial charge on any atom is 0.337 e. The molecule has 0 amide bonds. The highest BCUT2D eigenvalue weighted by Gasteiger charge is 2.69. The van der Waals surface area contributed by atoms with E-state index < -0.39 is 42.1 Å². The zero-order chi connectivity index (χ0) is 36.7. The van der Waals surface area contributed by atoms with Gasteiger partial charge in [-0.3, -0.25) is 4.79 Å². The predicted molar refractivity (Wildman–Crippen MR) is 189 cm³/mol. The van der Waals surface area contributed by atoms with E-state index in [0.29, 0.717) is 11.8 Å². The van der Waals surface area contributed by atoms with E-state index in [2.05, 4.69) is 54.5 Å². The highest BCUT2D eigenvalue weighted by Crippen LogP contribution is 2.76. The van der Waals surface area contributed by atoms with E-state index in [1.807, 2.05) is 0 Å². The number of hydrogen-bond donors (Lipinski definition) is 0. The van der Waals surface area contributed by atoms with Crippen LogP contribution in [0.1, 0.15) is 113 Å². The van der Waals surface area contributed by atoms with Crippen molar-refractivity contribution in [3.8, 4) is 0 Å². The Bertz CT molecular complexity index is 1340. The molecular weight excluding hydrogens is 636 g/mol. The second-order valence-electron chi connectivity index (χ2n) is 18.9. The van der Waals surface area contributed by atoms with Crippen LogP contribution in [-0.4, -0.2) is 84.3 Å². The summed E-state index contributed by atoms with van der Waals surface area (Å²) >= 11 is 0. The molecule has 1 aliphatic heterocycles. The topological polar surface area (TPSA) is 98.8 Å². The van der Waals surface area contributed by atoms with Crippen LogP contribution in [0.3, 0.4) is 0 Å². The molecular formula is C41H66O9. The maximum atomic E-state index is 13.6. The molecule has 50 heavy (non-hydrogen) atoms. The standard InChI is InChI=1S/C41H66O9/c1-36(2)19-21-41(35(43)48-12)22-20-39(6)24(25(41)23-36)13-14-27-38(5)17-16-28(37(3,4)26(38)15-18-40(27,39)7)49-34-32(46-10)30(45-9)29(44-8)31(50-34)33(42)47-11/h13,25-32,34H,14-23H2,1-12H3. The van der Waals surface area contributed by atoms with Crippen LogP contribution in [0.25, 0.3) is 0 Å². The molecule has 5 aliphatic carbocycles. The first-order valence-electron chi connectivity index (χ1n) is 19.2. The van der Waals surface area contributed by atoms with Gasteiger partial charge in [0.2, 0.25) is 0 Å². The molecule has 6 aliphatic rings. The smallest absolute Gasteiger partial charge is 0.337 e. The quantitative estimate of drug-likeness (QED) is 0.154. The molecule has 4 saturated carbocycles. The number of fused-ring (bicyclic) bond motifs is 7. The molecule has 1 heterocycles. The highest BCUT2D eigenvalue weighted by atomic mass is 16.7. The minimum Gasteiger partial charge on any atom is -0.469 e. The van der Waals surface area contributed by atoms with Gasteiger partial charge in [-0.25, -0.2) is 4.79 Å². The Morgan fingerprint density at radius 3 is 2.02 bits per heavy atom. The first-order chi connectivity index (χ1) is 23.4. The lowest BCUT2D eigenvalue weighted by molar-refractivity contribution is -0.332. The number of esters is 2. The van der Waals surface area contributed by atoms with Gasteiger partial charge < -0.3 is 33.2 Å². The second kappa shape index (κ2) is 13.1. The Kier molecular flexibility index (Phi) is 10.0. The van der Waals surface area contributed by atoms with Crippen LogP contribution >= 0.6 is 0 Å². The Balaban J connectivity index is 1.29. The van der Waals surface area contributed by atoms with Crippen molar-refractivity contribution < 1.29 is 42.7 Å². The van der Waals surface area contributed by atoms with Gasteiger partial charge in [-0.15, -0.1) is 0 Å². The molecule has 6 rings (SSSR count). The number of allylic oxidation sites excluding steroid dienone is 2. The van der Waals surface area contributed by atoms with E-state index in [9.17, 15) is 9.59 Å². The van der Waals surface area contributed by atoms with E-state index >= 15 is 0 Å². The minimum absolute atomic E-state index is 0.00842. The van der Waals surface area contributed by atoms with E-state index in [0.717, 1.165) is 64.2 Å². The van der Waals surface area contributed by atoms with Gasteiger partial charge in [-0.1, -0.05) is 60.1 Å². The average molecular weight is 703 g/mol. The monoisotopic (exact) mass is 702 g/mol. The summed E-state index contributed by atoms with van der Waals surface area (Å²) in [6, 6.07) is 0. The molecule has 13 atom stereocenters. The summed E-state index contributed by atoms with van der Waals surface area (Å²) < 4.78 is 41.4. The van der Waals surface area contributed by atoms with Crippen molar-refractivity contribution in [2.24, 2.45) is 50.2 Å². The van der Waals surface area contributed by atoms with E-state index in [4.69, 9.17) is 33.2 Å². The summed E-state index contributed by atoms with van der Waals surface area (Å²) in [6.07, 6.45) is 9.08. The summed E-state index contributed by atoms with van der Waals surface area (Å²) in [7, 11) is 7.68. The number of hydrogen-bond acceptors (Lipinski definition) is 9. The van der Waals surface area contributed by atoms with Crippen LogP contribution in [0.15, 0.2) is 11.6 Å². The first kappa shape index (κ1) is 38.2. The van der Waals surface area contributed by atoms with Crippen molar-refractivity contribution in [2.45, 2.75) is 149 Å². The van der Waals surface area contributed by atoms with Crippen molar-refractivity contribution in [2.75, 3.05) is 35.5 Å².